The van der Waals surface area contributed by atoms with E-state index in [1.54, 1.807) is 6.07 Å². The number of aliphatic hydroxyl groups is 2. The van der Waals surface area contributed by atoms with E-state index in [9.17, 15) is 19.1 Å². The number of rotatable bonds is 8. The average Bonchev–Trinajstić information content (AvgIpc) is 3.32. The SMILES string of the molecule is CC(C)(C)C[C@H]1NC(C(=O)NCCC[C@H](O)CO)[C@H](c2cccc(Cl)c2F)[C@@]12C(=O)Nc1cc(Cl)c(F)cc12. The van der Waals surface area contributed by atoms with E-state index in [1.807, 2.05) is 20.8 Å². The van der Waals surface area contributed by atoms with Crippen molar-refractivity contribution in [2.75, 3.05) is 18.5 Å². The Morgan fingerprint density at radius 1 is 1.21 bits per heavy atom. The van der Waals surface area contributed by atoms with Crippen molar-refractivity contribution in [1.29, 1.82) is 0 Å². The molecule has 0 saturated carbocycles. The van der Waals surface area contributed by atoms with Crippen LogP contribution in [-0.2, 0) is 15.0 Å². The van der Waals surface area contributed by atoms with Gasteiger partial charge in [-0.25, -0.2) is 8.78 Å². The van der Waals surface area contributed by atoms with Crippen LogP contribution in [0.15, 0.2) is 30.3 Å². The number of halogens is 4. The van der Waals surface area contributed by atoms with Gasteiger partial charge in [0.05, 0.1) is 28.8 Å². The van der Waals surface area contributed by atoms with Crippen LogP contribution in [0.3, 0.4) is 0 Å². The number of nitrogens with one attached hydrogen (secondary N) is 3. The highest BCUT2D eigenvalue weighted by molar-refractivity contribution is 6.31. The van der Waals surface area contributed by atoms with E-state index < -0.39 is 53.0 Å². The summed E-state index contributed by atoms with van der Waals surface area (Å²) in [6.45, 7) is 5.73. The lowest BCUT2D eigenvalue weighted by molar-refractivity contribution is -0.123. The first-order valence-electron chi connectivity index (χ1n) is 12.9. The molecule has 2 aliphatic rings. The summed E-state index contributed by atoms with van der Waals surface area (Å²) in [5.74, 6) is -3.56. The number of benzene rings is 2. The molecular formula is C28H33Cl2F2N3O4. The fourth-order valence-corrected chi connectivity index (χ4v) is 6.26. The molecule has 39 heavy (non-hydrogen) atoms. The maximum absolute atomic E-state index is 15.7. The zero-order valence-electron chi connectivity index (χ0n) is 22.0. The number of aliphatic hydroxyl groups excluding tert-OH is 2. The summed E-state index contributed by atoms with van der Waals surface area (Å²) in [6.07, 6.45) is 0.155. The molecular weight excluding hydrogens is 551 g/mol. The Balaban J connectivity index is 1.87. The number of hydrogen-bond donors (Lipinski definition) is 5. The third-order valence-electron chi connectivity index (χ3n) is 7.52. The quantitative estimate of drug-likeness (QED) is 0.298. The largest absolute Gasteiger partial charge is 0.394 e. The third-order valence-corrected chi connectivity index (χ3v) is 8.11. The zero-order chi connectivity index (χ0) is 28.7. The summed E-state index contributed by atoms with van der Waals surface area (Å²) < 4.78 is 30.6. The van der Waals surface area contributed by atoms with E-state index >= 15 is 4.39 Å². The van der Waals surface area contributed by atoms with E-state index in [2.05, 4.69) is 16.0 Å². The van der Waals surface area contributed by atoms with Gasteiger partial charge in [0.1, 0.15) is 17.0 Å². The van der Waals surface area contributed by atoms with Crippen molar-refractivity contribution in [2.24, 2.45) is 5.41 Å². The Bertz CT molecular complexity index is 1270. The van der Waals surface area contributed by atoms with Gasteiger partial charge < -0.3 is 26.2 Å². The Hall–Kier alpha value is -2.30. The lowest BCUT2D eigenvalue weighted by Crippen LogP contribution is -2.49. The van der Waals surface area contributed by atoms with Gasteiger partial charge in [-0.15, -0.1) is 0 Å². The molecule has 212 valence electrons. The second-order valence-electron chi connectivity index (χ2n) is 11.5. The van der Waals surface area contributed by atoms with Crippen molar-refractivity contribution < 1.29 is 28.6 Å². The maximum atomic E-state index is 15.7. The van der Waals surface area contributed by atoms with Gasteiger partial charge in [0.25, 0.3) is 0 Å². The minimum absolute atomic E-state index is 0.0561. The molecule has 0 aromatic heterocycles. The third kappa shape index (κ3) is 5.52. The first-order valence-corrected chi connectivity index (χ1v) is 13.6. The molecule has 4 rings (SSSR count). The van der Waals surface area contributed by atoms with Gasteiger partial charge in [0.2, 0.25) is 11.8 Å². The molecule has 1 unspecified atom stereocenters. The average molecular weight is 584 g/mol. The van der Waals surface area contributed by atoms with Gasteiger partial charge >= 0.3 is 0 Å². The molecule has 7 nitrogen and oxygen atoms in total. The molecule has 2 aromatic carbocycles. The normalized spacial score (nSPS) is 25.1. The Kier molecular flexibility index (Phi) is 8.59. The summed E-state index contributed by atoms with van der Waals surface area (Å²) in [5, 5.41) is 27.3. The van der Waals surface area contributed by atoms with Crippen molar-refractivity contribution in [2.45, 2.75) is 69.6 Å². The van der Waals surface area contributed by atoms with Crippen molar-refractivity contribution in [1.82, 2.24) is 10.6 Å². The smallest absolute Gasteiger partial charge is 0.237 e. The predicted octanol–water partition coefficient (Wildman–Crippen LogP) is 4.27. The van der Waals surface area contributed by atoms with Crippen molar-refractivity contribution in [3.8, 4) is 0 Å². The minimum Gasteiger partial charge on any atom is -0.394 e. The van der Waals surface area contributed by atoms with Crippen LogP contribution in [0.25, 0.3) is 0 Å². The Labute approximate surface area is 236 Å². The second-order valence-corrected chi connectivity index (χ2v) is 12.3. The fraction of sp³-hybridized carbons (Fsp3) is 0.500. The van der Waals surface area contributed by atoms with Gasteiger partial charge in [-0.2, -0.15) is 0 Å². The van der Waals surface area contributed by atoms with Crippen LogP contribution < -0.4 is 16.0 Å². The molecule has 0 aliphatic carbocycles. The molecule has 2 heterocycles. The van der Waals surface area contributed by atoms with Crippen LogP contribution in [0.1, 0.15) is 57.1 Å². The molecule has 2 aliphatic heterocycles. The van der Waals surface area contributed by atoms with E-state index in [0.717, 1.165) is 0 Å². The number of amides is 2. The van der Waals surface area contributed by atoms with Crippen molar-refractivity contribution in [3.63, 3.8) is 0 Å². The van der Waals surface area contributed by atoms with Crippen LogP contribution in [0.4, 0.5) is 14.5 Å². The summed E-state index contributed by atoms with van der Waals surface area (Å²) in [4.78, 5) is 27.7. The zero-order valence-corrected chi connectivity index (χ0v) is 23.5. The van der Waals surface area contributed by atoms with Crippen molar-refractivity contribution >= 4 is 40.7 Å². The predicted molar refractivity (Wildman–Crippen MR) is 146 cm³/mol. The number of anilines is 1. The van der Waals surface area contributed by atoms with Crippen LogP contribution in [0.2, 0.25) is 10.0 Å². The highest BCUT2D eigenvalue weighted by Crippen LogP contribution is 2.57. The maximum Gasteiger partial charge on any atom is 0.237 e. The fourth-order valence-electron chi connectivity index (χ4n) is 5.91. The molecule has 1 fully saturated rings. The Morgan fingerprint density at radius 3 is 2.59 bits per heavy atom. The number of fused-ring (bicyclic) bond motifs is 2. The molecule has 11 heteroatoms. The highest BCUT2D eigenvalue weighted by Gasteiger charge is 2.66. The van der Waals surface area contributed by atoms with Crippen LogP contribution in [0, 0.1) is 17.0 Å². The number of carbonyl (C=O) groups is 2. The first kappa shape index (κ1) is 29.7. The van der Waals surface area contributed by atoms with E-state index in [4.69, 9.17) is 28.3 Å². The van der Waals surface area contributed by atoms with Crippen molar-refractivity contribution in [3.05, 3.63) is 63.1 Å². The Morgan fingerprint density at radius 2 is 1.92 bits per heavy atom. The van der Waals surface area contributed by atoms with E-state index in [1.165, 1.54) is 24.3 Å². The van der Waals surface area contributed by atoms with Crippen LogP contribution in [0.5, 0.6) is 0 Å². The summed E-state index contributed by atoms with van der Waals surface area (Å²) >= 11 is 12.2. The molecule has 5 atom stereocenters. The molecule has 2 amide bonds. The molecule has 0 radical (unpaired) electrons. The number of carbonyl (C=O) groups excluding carboxylic acids is 2. The topological polar surface area (TPSA) is 111 Å². The molecule has 0 bridgehead atoms. The van der Waals surface area contributed by atoms with Gasteiger partial charge in [-0.3, -0.25) is 9.59 Å². The summed E-state index contributed by atoms with van der Waals surface area (Å²) in [6, 6.07) is 5.18. The number of hydrogen-bond acceptors (Lipinski definition) is 5. The second kappa shape index (κ2) is 11.3. The minimum atomic E-state index is -1.56. The molecule has 1 spiro atoms. The van der Waals surface area contributed by atoms with E-state index in [-0.39, 0.29) is 40.6 Å². The van der Waals surface area contributed by atoms with Gasteiger partial charge in [0, 0.05) is 24.2 Å². The standard InChI is InChI=1S/C28H33Cl2F2N3O4/c1-27(2,3)12-21-28(16-10-19(31)18(30)11-20(16)34-26(28)39)22(15-7-4-8-17(29)23(15)32)24(35-21)25(38)33-9-5-6-14(37)13-36/h4,7-8,10-11,14,21-22,24,35-37H,5-6,9,12-13H2,1-3H3,(H,33,38)(H,34,39)/t14-,21+,22-,24?,28-/m0/s1. The summed E-state index contributed by atoms with van der Waals surface area (Å²) in [5.41, 5.74) is -1.24. The monoisotopic (exact) mass is 583 g/mol. The highest BCUT2D eigenvalue weighted by atomic mass is 35.5. The lowest BCUT2D eigenvalue weighted by Gasteiger charge is -2.37. The molecule has 1 saturated heterocycles. The summed E-state index contributed by atoms with van der Waals surface area (Å²) in [7, 11) is 0. The van der Waals surface area contributed by atoms with Crippen LogP contribution in [-0.4, -0.2) is 53.4 Å². The van der Waals surface area contributed by atoms with Gasteiger partial charge in [-0.05, 0) is 54.0 Å². The molecule has 5 N–H and O–H groups in total. The van der Waals surface area contributed by atoms with Crippen LogP contribution >= 0.6 is 23.2 Å². The van der Waals surface area contributed by atoms with Gasteiger partial charge in [0.15, 0.2) is 0 Å². The lowest BCUT2D eigenvalue weighted by atomic mass is 9.62. The van der Waals surface area contributed by atoms with E-state index in [0.29, 0.717) is 24.1 Å². The first-order chi connectivity index (χ1) is 18.3. The van der Waals surface area contributed by atoms with Gasteiger partial charge in [-0.1, -0.05) is 56.1 Å². The molecule has 2 aromatic rings.